The van der Waals surface area contributed by atoms with Gasteiger partial charge in [0.2, 0.25) is 5.91 Å². The molecule has 0 saturated carbocycles. The summed E-state index contributed by atoms with van der Waals surface area (Å²) in [6.07, 6.45) is 0. The molecule has 5 heteroatoms. The summed E-state index contributed by atoms with van der Waals surface area (Å²) < 4.78 is -0.657. The number of benzene rings is 1. The molecule has 0 unspecified atom stereocenters. The van der Waals surface area contributed by atoms with Gasteiger partial charge in [0, 0.05) is 0 Å². The van der Waals surface area contributed by atoms with Crippen LogP contribution in [0.25, 0.3) is 0 Å². The van der Waals surface area contributed by atoms with Gasteiger partial charge in [-0.25, -0.2) is 0 Å². The van der Waals surface area contributed by atoms with E-state index in [9.17, 15) is 4.79 Å². The number of hydrogen-bond acceptors (Lipinski definition) is 1. The average Bonchev–Trinajstić information content (AvgIpc) is 2.09. The van der Waals surface area contributed by atoms with Crippen LogP contribution in [0.4, 0.5) is 5.69 Å². The van der Waals surface area contributed by atoms with Crippen molar-refractivity contribution in [1.82, 2.24) is 0 Å². The van der Waals surface area contributed by atoms with Crippen LogP contribution < -0.4 is 5.32 Å². The van der Waals surface area contributed by atoms with Crippen molar-refractivity contribution in [3.05, 3.63) is 28.2 Å². The molecule has 0 aliphatic heterocycles. The zero-order valence-electron chi connectivity index (χ0n) is 8.27. The van der Waals surface area contributed by atoms with Crippen molar-refractivity contribution >= 4 is 50.7 Å². The molecule has 1 amide bonds. The summed E-state index contributed by atoms with van der Waals surface area (Å²) in [4.78, 5) is 11.7. The normalized spacial score (nSPS) is 11.3. The third-order valence-corrected chi connectivity index (χ3v) is 2.73. The van der Waals surface area contributed by atoms with Gasteiger partial charge in [0.15, 0.2) is 0 Å². The standard InChI is InChI=1S/C10H10BrCl2NO/c1-10(2,11)9(15)14-8-6(12)4-3-5-7(8)13/h3-5H,1-2H3,(H,14,15). The average molecular weight is 311 g/mol. The molecule has 0 atom stereocenters. The number of rotatable bonds is 2. The van der Waals surface area contributed by atoms with Gasteiger partial charge in [-0.05, 0) is 26.0 Å². The highest BCUT2D eigenvalue weighted by molar-refractivity contribution is 9.10. The number of carbonyl (C=O) groups excluding carboxylic acids is 1. The van der Waals surface area contributed by atoms with E-state index in [1.165, 1.54) is 0 Å². The Labute approximate surface area is 107 Å². The van der Waals surface area contributed by atoms with E-state index >= 15 is 0 Å². The summed E-state index contributed by atoms with van der Waals surface area (Å²) in [7, 11) is 0. The van der Waals surface area contributed by atoms with Crippen molar-refractivity contribution in [2.75, 3.05) is 5.32 Å². The molecule has 0 bridgehead atoms. The predicted octanol–water partition coefficient (Wildman–Crippen LogP) is 4.11. The number of amides is 1. The van der Waals surface area contributed by atoms with E-state index in [4.69, 9.17) is 23.2 Å². The summed E-state index contributed by atoms with van der Waals surface area (Å²) >= 11 is 15.1. The first-order chi connectivity index (χ1) is 6.82. The Hall–Kier alpha value is -0.250. The fourth-order valence-corrected chi connectivity index (χ4v) is 1.47. The van der Waals surface area contributed by atoms with Crippen LogP contribution in [0, 0.1) is 0 Å². The maximum absolute atomic E-state index is 11.7. The lowest BCUT2D eigenvalue weighted by molar-refractivity contribution is -0.117. The van der Waals surface area contributed by atoms with Gasteiger partial charge < -0.3 is 5.32 Å². The molecule has 0 radical (unpaired) electrons. The van der Waals surface area contributed by atoms with Crippen LogP contribution in [0.1, 0.15) is 13.8 Å². The van der Waals surface area contributed by atoms with Crippen LogP contribution in [-0.4, -0.2) is 10.2 Å². The first-order valence-corrected chi connectivity index (χ1v) is 5.81. The zero-order valence-corrected chi connectivity index (χ0v) is 11.4. The molecule has 1 aromatic carbocycles. The van der Waals surface area contributed by atoms with Gasteiger partial charge in [-0.1, -0.05) is 45.2 Å². The van der Waals surface area contributed by atoms with Gasteiger partial charge in [-0.15, -0.1) is 0 Å². The maximum Gasteiger partial charge on any atom is 0.240 e. The Morgan fingerprint density at radius 2 is 1.80 bits per heavy atom. The number of carbonyl (C=O) groups is 1. The van der Waals surface area contributed by atoms with Crippen molar-refractivity contribution in [3.8, 4) is 0 Å². The van der Waals surface area contributed by atoms with Crippen molar-refractivity contribution < 1.29 is 4.79 Å². The highest BCUT2D eigenvalue weighted by atomic mass is 79.9. The highest BCUT2D eigenvalue weighted by Crippen LogP contribution is 2.31. The van der Waals surface area contributed by atoms with E-state index < -0.39 is 4.32 Å². The Morgan fingerprint density at radius 3 is 2.20 bits per heavy atom. The lowest BCUT2D eigenvalue weighted by Crippen LogP contribution is -2.31. The number of alkyl halides is 1. The Kier molecular flexibility index (Phi) is 4.04. The number of nitrogens with one attached hydrogen (secondary N) is 1. The Balaban J connectivity index is 2.95. The van der Waals surface area contributed by atoms with E-state index in [1.807, 2.05) is 0 Å². The van der Waals surface area contributed by atoms with E-state index in [0.29, 0.717) is 15.7 Å². The quantitative estimate of drug-likeness (QED) is 0.818. The number of hydrogen-bond donors (Lipinski definition) is 1. The van der Waals surface area contributed by atoms with Gasteiger partial charge in [0.25, 0.3) is 0 Å². The number of halogens is 3. The van der Waals surface area contributed by atoms with Crippen LogP contribution in [0.15, 0.2) is 18.2 Å². The molecule has 1 rings (SSSR count). The summed E-state index contributed by atoms with van der Waals surface area (Å²) in [5.74, 6) is -0.197. The van der Waals surface area contributed by atoms with Crippen LogP contribution in [0.3, 0.4) is 0 Å². The number of para-hydroxylation sites is 1. The summed E-state index contributed by atoms with van der Waals surface area (Å²) in [6, 6.07) is 5.06. The van der Waals surface area contributed by atoms with Crippen molar-refractivity contribution in [3.63, 3.8) is 0 Å². The molecule has 0 fully saturated rings. The molecule has 2 nitrogen and oxygen atoms in total. The molecule has 0 aliphatic carbocycles. The van der Waals surface area contributed by atoms with E-state index in [1.54, 1.807) is 32.0 Å². The second kappa shape index (κ2) is 4.73. The number of anilines is 1. The zero-order chi connectivity index (χ0) is 11.6. The lowest BCUT2D eigenvalue weighted by Gasteiger charge is -2.17. The second-order valence-corrected chi connectivity index (χ2v) is 6.32. The van der Waals surface area contributed by atoms with Gasteiger partial charge in [-0.3, -0.25) is 4.79 Å². The molecule has 0 heterocycles. The second-order valence-electron chi connectivity index (χ2n) is 3.52. The minimum atomic E-state index is -0.657. The van der Waals surface area contributed by atoms with Crippen LogP contribution >= 0.6 is 39.1 Å². The van der Waals surface area contributed by atoms with Crippen molar-refractivity contribution in [2.24, 2.45) is 0 Å². The SMILES string of the molecule is CC(C)(Br)C(=O)Nc1c(Cl)cccc1Cl. The maximum atomic E-state index is 11.7. The molecule has 0 aliphatic rings. The highest BCUT2D eigenvalue weighted by Gasteiger charge is 2.24. The van der Waals surface area contributed by atoms with Gasteiger partial charge >= 0.3 is 0 Å². The monoisotopic (exact) mass is 309 g/mol. The van der Waals surface area contributed by atoms with E-state index in [0.717, 1.165) is 0 Å². The lowest BCUT2D eigenvalue weighted by atomic mass is 10.2. The third-order valence-electron chi connectivity index (χ3n) is 1.74. The smallest absolute Gasteiger partial charge is 0.240 e. The molecule has 0 aromatic heterocycles. The Bertz CT molecular complexity index is 367. The topological polar surface area (TPSA) is 29.1 Å². The van der Waals surface area contributed by atoms with Crippen LogP contribution in [-0.2, 0) is 4.79 Å². The Morgan fingerprint density at radius 1 is 1.33 bits per heavy atom. The van der Waals surface area contributed by atoms with Gasteiger partial charge in [-0.2, -0.15) is 0 Å². The summed E-state index contributed by atoms with van der Waals surface area (Å²) in [6.45, 7) is 3.49. The summed E-state index contributed by atoms with van der Waals surface area (Å²) in [5, 5.41) is 3.52. The predicted molar refractivity (Wildman–Crippen MR) is 68.1 cm³/mol. The van der Waals surface area contributed by atoms with Crippen molar-refractivity contribution in [2.45, 2.75) is 18.2 Å². The molecule has 1 aromatic rings. The molecule has 0 spiro atoms. The molecule has 0 saturated heterocycles. The third kappa shape index (κ3) is 3.37. The molecule has 82 valence electrons. The minimum Gasteiger partial charge on any atom is -0.322 e. The van der Waals surface area contributed by atoms with E-state index in [-0.39, 0.29) is 5.91 Å². The molecule has 1 N–H and O–H groups in total. The fourth-order valence-electron chi connectivity index (χ4n) is 0.879. The van der Waals surface area contributed by atoms with Gasteiger partial charge in [0.1, 0.15) is 0 Å². The molecular weight excluding hydrogens is 301 g/mol. The largest absolute Gasteiger partial charge is 0.322 e. The fraction of sp³-hybridized carbons (Fsp3) is 0.300. The first kappa shape index (κ1) is 12.8. The molecular formula is C10H10BrCl2NO. The van der Waals surface area contributed by atoms with Crippen molar-refractivity contribution in [1.29, 1.82) is 0 Å². The molecule has 15 heavy (non-hydrogen) atoms. The van der Waals surface area contributed by atoms with Crippen LogP contribution in [0.2, 0.25) is 10.0 Å². The minimum absolute atomic E-state index is 0.197. The van der Waals surface area contributed by atoms with Crippen LogP contribution in [0.5, 0.6) is 0 Å². The first-order valence-electron chi connectivity index (χ1n) is 4.27. The van der Waals surface area contributed by atoms with Gasteiger partial charge in [0.05, 0.1) is 20.1 Å². The summed E-state index contributed by atoms with van der Waals surface area (Å²) in [5.41, 5.74) is 0.443. The van der Waals surface area contributed by atoms with E-state index in [2.05, 4.69) is 21.2 Å².